The Bertz CT molecular complexity index is 1930. The molecule has 1 saturated heterocycles. The molecule has 0 radical (unpaired) electrons. The first-order valence-corrected chi connectivity index (χ1v) is 15.1. The number of benzene rings is 3. The number of carbonyl (C=O) groups excluding carboxylic acids is 1. The number of imidazole rings is 1. The van der Waals surface area contributed by atoms with Gasteiger partial charge in [0.1, 0.15) is 0 Å². The molecule has 0 N–H and O–H groups in total. The number of alkyl halides is 2. The molecule has 9 heteroatoms. The first-order valence-electron chi connectivity index (χ1n) is 15.1. The molecule has 0 bridgehead atoms. The van der Waals surface area contributed by atoms with E-state index in [4.69, 9.17) is 0 Å². The zero-order valence-corrected chi connectivity index (χ0v) is 23.8. The molecule has 9 rings (SSSR count). The Morgan fingerprint density at radius 1 is 0.932 bits per heavy atom. The van der Waals surface area contributed by atoms with Crippen molar-refractivity contribution >= 4 is 17.3 Å². The normalized spacial score (nSPS) is 22.8. The van der Waals surface area contributed by atoms with Crippen LogP contribution in [-0.2, 0) is 0 Å². The van der Waals surface area contributed by atoms with Crippen molar-refractivity contribution in [3.8, 4) is 17.3 Å². The van der Waals surface area contributed by atoms with Gasteiger partial charge < -0.3 is 19.3 Å². The van der Waals surface area contributed by atoms with E-state index in [0.29, 0.717) is 30.9 Å². The van der Waals surface area contributed by atoms with Gasteiger partial charge in [0, 0.05) is 54.9 Å². The molecule has 1 saturated carbocycles. The lowest BCUT2D eigenvalue weighted by atomic mass is 9.74. The highest BCUT2D eigenvalue weighted by Crippen LogP contribution is 2.55. The second-order valence-corrected chi connectivity index (χ2v) is 12.7. The molecule has 5 aliphatic rings. The standard InChI is InChI=1S/C35H28F2N6O/c36-35(37)12-22(13-35)32-29-11-24(9-10-27(29)30-15-39-19-42(30)32)41-18-31-26-7-3-4-8-28(26)33(43(31)20-41)23-16-40(17-23)34(44)25-6-2-1-5-21(25)14-38/h1-11,15,18-19,22-23,32-33H,12-13,16-17,20H2. The van der Waals surface area contributed by atoms with E-state index in [1.807, 2.05) is 11.1 Å². The minimum absolute atomic E-state index is 0.0953. The zero-order chi connectivity index (χ0) is 29.7. The zero-order valence-electron chi connectivity index (χ0n) is 23.8. The topological polar surface area (TPSA) is 68.4 Å². The van der Waals surface area contributed by atoms with Gasteiger partial charge in [0.2, 0.25) is 5.92 Å². The van der Waals surface area contributed by atoms with Gasteiger partial charge in [-0.2, -0.15) is 5.26 Å². The molecule has 218 valence electrons. The van der Waals surface area contributed by atoms with Gasteiger partial charge >= 0.3 is 0 Å². The number of aromatic nitrogens is 2. The van der Waals surface area contributed by atoms with Crippen molar-refractivity contribution < 1.29 is 13.6 Å². The highest BCUT2D eigenvalue weighted by Gasteiger charge is 2.52. The van der Waals surface area contributed by atoms with Gasteiger partial charge in [-0.15, -0.1) is 0 Å². The molecule has 2 unspecified atom stereocenters. The number of hydrogen-bond acceptors (Lipinski definition) is 5. The van der Waals surface area contributed by atoms with Crippen LogP contribution in [0.4, 0.5) is 14.5 Å². The Kier molecular flexibility index (Phi) is 5.23. The Morgan fingerprint density at radius 3 is 2.55 bits per heavy atom. The summed E-state index contributed by atoms with van der Waals surface area (Å²) in [6.45, 7) is 1.91. The van der Waals surface area contributed by atoms with Crippen molar-refractivity contribution in [2.45, 2.75) is 30.8 Å². The maximum atomic E-state index is 13.9. The molecule has 4 aliphatic heterocycles. The first kappa shape index (κ1) is 25.5. The SMILES string of the molecule is N#Cc1ccccc1C(=O)N1CC(C2c3ccccc3C3=CN(c4ccc5c(c4)C(C4CC(F)(F)C4)n4cncc4-5)CN32)C1. The molecule has 0 spiro atoms. The van der Waals surface area contributed by atoms with Crippen LogP contribution >= 0.6 is 0 Å². The number of fused-ring (bicyclic) bond motifs is 6. The Labute approximate surface area is 253 Å². The predicted molar refractivity (Wildman–Crippen MR) is 160 cm³/mol. The number of amides is 1. The molecule has 2 atom stereocenters. The fraction of sp³-hybridized carbons (Fsp3) is 0.286. The molecule has 5 heterocycles. The van der Waals surface area contributed by atoms with Crippen LogP contribution in [-0.4, -0.2) is 50.9 Å². The Balaban J connectivity index is 0.994. The van der Waals surface area contributed by atoms with Crippen LogP contribution in [0, 0.1) is 23.2 Å². The lowest BCUT2D eigenvalue weighted by molar-refractivity contribution is -0.119. The summed E-state index contributed by atoms with van der Waals surface area (Å²) in [6, 6.07) is 24.0. The minimum atomic E-state index is -2.58. The van der Waals surface area contributed by atoms with Crippen molar-refractivity contribution in [2.75, 3.05) is 24.7 Å². The van der Waals surface area contributed by atoms with Crippen LogP contribution < -0.4 is 4.90 Å². The lowest BCUT2D eigenvalue weighted by Crippen LogP contribution is -2.54. The van der Waals surface area contributed by atoms with Crippen molar-refractivity contribution in [2.24, 2.45) is 11.8 Å². The lowest BCUT2D eigenvalue weighted by Gasteiger charge is -2.45. The van der Waals surface area contributed by atoms with Crippen molar-refractivity contribution in [1.29, 1.82) is 5.26 Å². The van der Waals surface area contributed by atoms with Gasteiger partial charge in [0.05, 0.1) is 59.9 Å². The fourth-order valence-corrected chi connectivity index (χ4v) is 8.10. The van der Waals surface area contributed by atoms with E-state index >= 15 is 0 Å². The monoisotopic (exact) mass is 586 g/mol. The molecule has 4 aromatic rings. The minimum Gasteiger partial charge on any atom is -0.344 e. The Morgan fingerprint density at radius 2 is 1.73 bits per heavy atom. The van der Waals surface area contributed by atoms with Crippen LogP contribution in [0.1, 0.15) is 57.5 Å². The number of hydrogen-bond donors (Lipinski definition) is 0. The number of nitrogens with zero attached hydrogens (tertiary/aromatic N) is 6. The number of likely N-dealkylation sites (tertiary alicyclic amines) is 1. The maximum Gasteiger partial charge on any atom is 0.255 e. The molecule has 3 aromatic carbocycles. The van der Waals surface area contributed by atoms with Crippen LogP contribution in [0.5, 0.6) is 0 Å². The maximum absolute atomic E-state index is 13.9. The third kappa shape index (κ3) is 3.57. The number of halogens is 2. The van der Waals surface area contributed by atoms with Gasteiger partial charge in [0.25, 0.3) is 5.91 Å². The molecule has 1 aromatic heterocycles. The van der Waals surface area contributed by atoms with Crippen LogP contribution in [0.3, 0.4) is 0 Å². The van der Waals surface area contributed by atoms with Crippen LogP contribution in [0.15, 0.2) is 85.5 Å². The highest BCUT2D eigenvalue weighted by molar-refractivity contribution is 5.97. The van der Waals surface area contributed by atoms with Crippen LogP contribution in [0.2, 0.25) is 0 Å². The molecular formula is C35H28F2N6O. The van der Waals surface area contributed by atoms with Crippen LogP contribution in [0.25, 0.3) is 17.0 Å². The van der Waals surface area contributed by atoms with Crippen molar-refractivity contribution in [3.63, 3.8) is 0 Å². The van der Waals surface area contributed by atoms with Crippen molar-refractivity contribution in [3.05, 3.63) is 113 Å². The average Bonchev–Trinajstić information content (AvgIpc) is 3.76. The Hall–Kier alpha value is -4.97. The van der Waals surface area contributed by atoms with Crippen molar-refractivity contribution in [1.82, 2.24) is 19.4 Å². The number of anilines is 1. The van der Waals surface area contributed by atoms with Gasteiger partial charge in [-0.25, -0.2) is 13.8 Å². The summed E-state index contributed by atoms with van der Waals surface area (Å²) in [5.74, 6) is -2.54. The van der Waals surface area contributed by atoms with E-state index in [-0.39, 0.29) is 42.7 Å². The summed E-state index contributed by atoms with van der Waals surface area (Å²) in [7, 11) is 0. The van der Waals surface area contributed by atoms with E-state index in [2.05, 4.69) is 74.1 Å². The summed E-state index contributed by atoms with van der Waals surface area (Å²) in [5.41, 5.74) is 8.69. The smallest absolute Gasteiger partial charge is 0.255 e. The van der Waals surface area contributed by atoms with Gasteiger partial charge in [0.15, 0.2) is 0 Å². The molecule has 1 amide bonds. The molecule has 2 fully saturated rings. The molecule has 44 heavy (non-hydrogen) atoms. The quantitative estimate of drug-likeness (QED) is 0.282. The summed E-state index contributed by atoms with van der Waals surface area (Å²) >= 11 is 0. The van der Waals surface area contributed by atoms with Gasteiger partial charge in [-0.1, -0.05) is 42.5 Å². The largest absolute Gasteiger partial charge is 0.344 e. The number of carbonyl (C=O) groups is 1. The van der Waals surface area contributed by atoms with E-state index in [1.54, 1.807) is 30.6 Å². The highest BCUT2D eigenvalue weighted by atomic mass is 19.3. The third-order valence-electron chi connectivity index (χ3n) is 10.2. The number of rotatable bonds is 4. The summed E-state index contributed by atoms with van der Waals surface area (Å²) in [6.07, 6.45) is 5.62. The first-order chi connectivity index (χ1) is 21.4. The van der Waals surface area contributed by atoms with E-state index in [0.717, 1.165) is 28.2 Å². The van der Waals surface area contributed by atoms with E-state index in [9.17, 15) is 18.8 Å². The molecular weight excluding hydrogens is 558 g/mol. The molecule has 1 aliphatic carbocycles. The summed E-state index contributed by atoms with van der Waals surface area (Å²) in [5, 5.41) is 9.49. The average molecular weight is 587 g/mol. The number of nitriles is 1. The summed E-state index contributed by atoms with van der Waals surface area (Å²) < 4.78 is 30.0. The van der Waals surface area contributed by atoms with Gasteiger partial charge in [-0.05, 0) is 41.3 Å². The summed E-state index contributed by atoms with van der Waals surface area (Å²) in [4.78, 5) is 24.1. The molecule has 7 nitrogen and oxygen atoms in total. The fourth-order valence-electron chi connectivity index (χ4n) is 8.10. The second-order valence-electron chi connectivity index (χ2n) is 12.7. The van der Waals surface area contributed by atoms with E-state index < -0.39 is 5.92 Å². The van der Waals surface area contributed by atoms with Gasteiger partial charge in [-0.3, -0.25) is 4.79 Å². The second kappa shape index (κ2) is 9.02. The third-order valence-corrected chi connectivity index (χ3v) is 10.2. The predicted octanol–water partition coefficient (Wildman–Crippen LogP) is 6.27. The van der Waals surface area contributed by atoms with E-state index in [1.165, 1.54) is 11.1 Å².